The van der Waals surface area contributed by atoms with E-state index < -0.39 is 0 Å². The molecule has 0 radical (unpaired) electrons. The van der Waals surface area contributed by atoms with Gasteiger partial charge in [-0.25, -0.2) is 4.98 Å². The highest BCUT2D eigenvalue weighted by Gasteiger charge is 2.01. The Morgan fingerprint density at radius 2 is 2.06 bits per heavy atom. The lowest BCUT2D eigenvalue weighted by Gasteiger charge is -2.05. The van der Waals surface area contributed by atoms with Gasteiger partial charge in [0, 0.05) is 12.3 Å². The van der Waals surface area contributed by atoms with Gasteiger partial charge in [0.15, 0.2) is 0 Å². The van der Waals surface area contributed by atoms with Crippen LogP contribution in [0.4, 0.5) is 0 Å². The predicted octanol–water partition coefficient (Wildman–Crippen LogP) is 3.66. The first kappa shape index (κ1) is 9.90. The molecule has 3 nitrogen and oxygen atoms in total. The van der Waals surface area contributed by atoms with Crippen LogP contribution >= 0.6 is 0 Å². The van der Waals surface area contributed by atoms with Crippen molar-refractivity contribution in [2.75, 3.05) is 0 Å². The van der Waals surface area contributed by atoms with E-state index in [-0.39, 0.29) is 0 Å². The van der Waals surface area contributed by atoms with E-state index in [4.69, 9.17) is 4.74 Å². The minimum atomic E-state index is 0.614. The standard InChI is InChI=1S/C14H12N2O/c1-10-3-2-4-11(9-10)17-14-6-5-12-13(16-14)7-8-15-12/h2-9,15H,1H3. The monoisotopic (exact) mass is 224 g/mol. The molecule has 1 aromatic carbocycles. The van der Waals surface area contributed by atoms with Crippen molar-refractivity contribution >= 4 is 11.0 Å². The van der Waals surface area contributed by atoms with E-state index in [0.717, 1.165) is 16.8 Å². The van der Waals surface area contributed by atoms with Crippen LogP contribution in [0.25, 0.3) is 11.0 Å². The van der Waals surface area contributed by atoms with Crippen LogP contribution in [-0.4, -0.2) is 9.97 Å². The molecular formula is C14H12N2O. The summed E-state index contributed by atoms with van der Waals surface area (Å²) in [5.74, 6) is 1.43. The number of benzene rings is 1. The summed E-state index contributed by atoms with van der Waals surface area (Å²) in [4.78, 5) is 7.51. The highest BCUT2D eigenvalue weighted by Crippen LogP contribution is 2.22. The molecule has 84 valence electrons. The summed E-state index contributed by atoms with van der Waals surface area (Å²) in [5.41, 5.74) is 3.10. The van der Waals surface area contributed by atoms with Crippen molar-refractivity contribution in [2.24, 2.45) is 0 Å². The van der Waals surface area contributed by atoms with E-state index >= 15 is 0 Å². The third kappa shape index (κ3) is 1.99. The molecule has 2 aromatic heterocycles. The number of hydrogen-bond acceptors (Lipinski definition) is 2. The number of aryl methyl sites for hydroxylation is 1. The lowest BCUT2D eigenvalue weighted by atomic mass is 10.2. The zero-order valence-electron chi connectivity index (χ0n) is 9.47. The summed E-state index contributed by atoms with van der Waals surface area (Å²) in [7, 11) is 0. The lowest BCUT2D eigenvalue weighted by molar-refractivity contribution is 0.465. The average molecular weight is 224 g/mol. The number of nitrogens with one attached hydrogen (secondary N) is 1. The second-order valence-corrected chi connectivity index (χ2v) is 3.98. The third-order valence-electron chi connectivity index (χ3n) is 2.59. The molecule has 0 saturated heterocycles. The quantitative estimate of drug-likeness (QED) is 0.721. The first-order valence-corrected chi connectivity index (χ1v) is 5.50. The first-order chi connectivity index (χ1) is 8.31. The van der Waals surface area contributed by atoms with Crippen molar-refractivity contribution in [3.8, 4) is 11.6 Å². The van der Waals surface area contributed by atoms with E-state index in [1.165, 1.54) is 5.56 Å². The number of nitrogens with zero attached hydrogens (tertiary/aromatic N) is 1. The van der Waals surface area contributed by atoms with Gasteiger partial charge in [-0.3, -0.25) is 0 Å². The lowest BCUT2D eigenvalue weighted by Crippen LogP contribution is -1.88. The van der Waals surface area contributed by atoms with Crippen molar-refractivity contribution in [2.45, 2.75) is 6.92 Å². The minimum Gasteiger partial charge on any atom is -0.439 e. The van der Waals surface area contributed by atoms with E-state index in [2.05, 4.69) is 9.97 Å². The van der Waals surface area contributed by atoms with Gasteiger partial charge in [0.2, 0.25) is 5.88 Å². The summed E-state index contributed by atoms with van der Waals surface area (Å²) < 4.78 is 5.71. The number of ether oxygens (including phenoxy) is 1. The van der Waals surface area contributed by atoms with E-state index in [1.807, 2.05) is 55.6 Å². The second-order valence-electron chi connectivity index (χ2n) is 3.98. The molecule has 0 amide bonds. The van der Waals surface area contributed by atoms with Crippen LogP contribution in [0.15, 0.2) is 48.7 Å². The Labute approximate surface area is 99.1 Å². The molecule has 2 heterocycles. The molecular weight excluding hydrogens is 212 g/mol. The largest absolute Gasteiger partial charge is 0.439 e. The maximum atomic E-state index is 5.71. The van der Waals surface area contributed by atoms with Crippen LogP contribution in [0, 0.1) is 6.92 Å². The number of rotatable bonds is 2. The van der Waals surface area contributed by atoms with Crippen LogP contribution in [0.3, 0.4) is 0 Å². The maximum absolute atomic E-state index is 5.71. The molecule has 3 rings (SSSR count). The van der Waals surface area contributed by atoms with Gasteiger partial charge >= 0.3 is 0 Å². The van der Waals surface area contributed by atoms with Crippen LogP contribution in [-0.2, 0) is 0 Å². The Balaban J connectivity index is 1.94. The molecule has 3 aromatic rings. The fourth-order valence-corrected chi connectivity index (χ4v) is 1.77. The summed E-state index contributed by atoms with van der Waals surface area (Å²) >= 11 is 0. The Morgan fingerprint density at radius 1 is 1.12 bits per heavy atom. The SMILES string of the molecule is Cc1cccc(Oc2ccc3[nH]ccc3n2)c1. The molecule has 0 unspecified atom stereocenters. The highest BCUT2D eigenvalue weighted by atomic mass is 16.5. The summed E-state index contributed by atoms with van der Waals surface area (Å²) in [6.45, 7) is 2.04. The predicted molar refractivity (Wildman–Crippen MR) is 67.3 cm³/mol. The average Bonchev–Trinajstić information content (AvgIpc) is 2.76. The Bertz CT molecular complexity index is 658. The van der Waals surface area contributed by atoms with Crippen LogP contribution in [0.1, 0.15) is 5.56 Å². The molecule has 0 aliphatic heterocycles. The summed E-state index contributed by atoms with van der Waals surface area (Å²) in [6.07, 6.45) is 1.87. The minimum absolute atomic E-state index is 0.614. The molecule has 0 aliphatic carbocycles. The molecule has 0 bridgehead atoms. The van der Waals surface area contributed by atoms with Crippen molar-refractivity contribution in [3.63, 3.8) is 0 Å². The van der Waals surface area contributed by atoms with Gasteiger partial charge in [0.05, 0.1) is 11.0 Å². The fourth-order valence-electron chi connectivity index (χ4n) is 1.77. The van der Waals surface area contributed by atoms with Gasteiger partial charge in [0.1, 0.15) is 5.75 Å². The normalized spacial score (nSPS) is 10.6. The first-order valence-electron chi connectivity index (χ1n) is 5.50. The Hall–Kier alpha value is -2.29. The zero-order valence-corrected chi connectivity index (χ0v) is 9.47. The molecule has 0 fully saturated rings. The molecule has 17 heavy (non-hydrogen) atoms. The topological polar surface area (TPSA) is 37.9 Å². The van der Waals surface area contributed by atoms with Crippen LogP contribution in [0.2, 0.25) is 0 Å². The number of hydrogen-bond donors (Lipinski definition) is 1. The van der Waals surface area contributed by atoms with Gasteiger partial charge < -0.3 is 9.72 Å². The van der Waals surface area contributed by atoms with Crippen molar-refractivity contribution in [3.05, 3.63) is 54.2 Å². The number of fused-ring (bicyclic) bond motifs is 1. The molecule has 0 spiro atoms. The highest BCUT2D eigenvalue weighted by molar-refractivity contribution is 5.75. The van der Waals surface area contributed by atoms with Gasteiger partial charge in [-0.2, -0.15) is 0 Å². The van der Waals surface area contributed by atoms with Gasteiger partial charge in [-0.15, -0.1) is 0 Å². The maximum Gasteiger partial charge on any atom is 0.219 e. The molecule has 3 heteroatoms. The summed E-state index contributed by atoms with van der Waals surface area (Å²) in [6, 6.07) is 13.7. The molecule has 0 saturated carbocycles. The molecule has 1 N–H and O–H groups in total. The van der Waals surface area contributed by atoms with E-state index in [9.17, 15) is 0 Å². The third-order valence-corrected chi connectivity index (χ3v) is 2.59. The van der Waals surface area contributed by atoms with E-state index in [1.54, 1.807) is 0 Å². The fraction of sp³-hybridized carbons (Fsp3) is 0.0714. The van der Waals surface area contributed by atoms with Gasteiger partial charge in [0.25, 0.3) is 0 Å². The van der Waals surface area contributed by atoms with Crippen LogP contribution in [0.5, 0.6) is 11.6 Å². The molecule has 0 aliphatic rings. The molecule has 0 atom stereocenters. The number of aromatic amines is 1. The number of H-pyrrole nitrogens is 1. The Morgan fingerprint density at radius 3 is 2.94 bits per heavy atom. The summed E-state index contributed by atoms with van der Waals surface area (Å²) in [5, 5.41) is 0. The van der Waals surface area contributed by atoms with Crippen molar-refractivity contribution < 1.29 is 4.74 Å². The number of pyridine rings is 1. The van der Waals surface area contributed by atoms with Crippen molar-refractivity contribution in [1.29, 1.82) is 0 Å². The zero-order chi connectivity index (χ0) is 11.7. The van der Waals surface area contributed by atoms with Crippen molar-refractivity contribution in [1.82, 2.24) is 9.97 Å². The van der Waals surface area contributed by atoms with E-state index in [0.29, 0.717) is 5.88 Å². The van der Waals surface area contributed by atoms with Gasteiger partial charge in [-0.05, 0) is 36.8 Å². The van der Waals surface area contributed by atoms with Gasteiger partial charge in [-0.1, -0.05) is 12.1 Å². The Kier molecular flexibility index (Phi) is 2.29. The second kappa shape index (κ2) is 3.94. The number of aromatic nitrogens is 2. The van der Waals surface area contributed by atoms with Crippen LogP contribution < -0.4 is 4.74 Å². The smallest absolute Gasteiger partial charge is 0.219 e.